The average molecular weight is 300 g/mol. The number of furan rings is 1. The van der Waals surface area contributed by atoms with Gasteiger partial charge in [-0.2, -0.15) is 4.31 Å². The summed E-state index contributed by atoms with van der Waals surface area (Å²) in [5.41, 5.74) is 0. The van der Waals surface area contributed by atoms with Crippen molar-refractivity contribution in [2.75, 3.05) is 20.1 Å². The van der Waals surface area contributed by atoms with Crippen LogP contribution in [-0.2, 0) is 16.6 Å². The highest BCUT2D eigenvalue weighted by atomic mass is 32.2. The maximum absolute atomic E-state index is 12.7. The lowest BCUT2D eigenvalue weighted by Crippen LogP contribution is -2.42. The van der Waals surface area contributed by atoms with Crippen LogP contribution in [0.5, 0.6) is 0 Å². The third kappa shape index (κ3) is 2.92. The van der Waals surface area contributed by atoms with Crippen LogP contribution in [0.4, 0.5) is 0 Å². The molecule has 1 fully saturated rings. The molecule has 1 N–H and O–H groups in total. The summed E-state index contributed by atoms with van der Waals surface area (Å²) >= 11 is 0. The van der Waals surface area contributed by atoms with E-state index >= 15 is 0 Å². The highest BCUT2D eigenvalue weighted by molar-refractivity contribution is 7.89. The summed E-state index contributed by atoms with van der Waals surface area (Å²) in [4.78, 5) is 0.310. The van der Waals surface area contributed by atoms with Gasteiger partial charge in [-0.1, -0.05) is 13.8 Å². The number of hydrogen-bond acceptors (Lipinski definition) is 4. The third-order valence-electron chi connectivity index (χ3n) is 4.19. The zero-order valence-electron chi connectivity index (χ0n) is 12.6. The van der Waals surface area contributed by atoms with E-state index in [1.165, 1.54) is 0 Å². The molecule has 5 nitrogen and oxygen atoms in total. The molecular weight excluding hydrogens is 276 g/mol. The summed E-state index contributed by atoms with van der Waals surface area (Å²) in [6.07, 6.45) is 0.917. The lowest BCUT2D eigenvalue weighted by Gasteiger charge is -2.34. The summed E-state index contributed by atoms with van der Waals surface area (Å²) in [6, 6.07) is 1.64. The van der Waals surface area contributed by atoms with Crippen molar-refractivity contribution in [1.29, 1.82) is 0 Å². The highest BCUT2D eigenvalue weighted by Gasteiger charge is 2.33. The number of piperidine rings is 1. The molecule has 1 aliphatic rings. The second kappa shape index (κ2) is 5.87. The quantitative estimate of drug-likeness (QED) is 0.923. The van der Waals surface area contributed by atoms with Crippen molar-refractivity contribution in [1.82, 2.24) is 9.62 Å². The molecule has 1 aromatic rings. The van der Waals surface area contributed by atoms with E-state index in [0.717, 1.165) is 6.42 Å². The van der Waals surface area contributed by atoms with Gasteiger partial charge in [0.25, 0.3) is 0 Å². The lowest BCUT2D eigenvalue weighted by atomic mass is 9.90. The van der Waals surface area contributed by atoms with E-state index < -0.39 is 10.0 Å². The topological polar surface area (TPSA) is 62.6 Å². The van der Waals surface area contributed by atoms with Gasteiger partial charge in [0.05, 0.1) is 6.54 Å². The molecule has 0 bridgehead atoms. The smallest absolute Gasteiger partial charge is 0.246 e. The van der Waals surface area contributed by atoms with Gasteiger partial charge in [-0.25, -0.2) is 8.42 Å². The molecule has 0 radical (unpaired) electrons. The second-order valence-electron chi connectivity index (χ2n) is 5.77. The van der Waals surface area contributed by atoms with Crippen LogP contribution in [-0.4, -0.2) is 32.9 Å². The van der Waals surface area contributed by atoms with Crippen LogP contribution < -0.4 is 5.32 Å². The first-order valence-electron chi connectivity index (χ1n) is 7.10. The molecule has 0 saturated carbocycles. The van der Waals surface area contributed by atoms with E-state index in [9.17, 15) is 8.42 Å². The molecular formula is C14H24N2O3S. The molecule has 6 heteroatoms. The van der Waals surface area contributed by atoms with Crippen molar-refractivity contribution in [3.8, 4) is 0 Å². The minimum Gasteiger partial charge on any atom is -0.464 e. The predicted octanol–water partition coefficient (Wildman–Crippen LogP) is 1.97. The molecule has 0 aliphatic carbocycles. The minimum atomic E-state index is -3.43. The number of aryl methyl sites for hydroxylation is 1. The third-order valence-corrected chi connectivity index (χ3v) is 6.16. The maximum Gasteiger partial charge on any atom is 0.246 e. The summed E-state index contributed by atoms with van der Waals surface area (Å²) in [7, 11) is -1.63. The molecule has 1 saturated heterocycles. The predicted molar refractivity (Wildman–Crippen MR) is 77.9 cm³/mol. The maximum atomic E-state index is 12.7. The van der Waals surface area contributed by atoms with Gasteiger partial charge in [0, 0.05) is 19.2 Å². The zero-order valence-corrected chi connectivity index (χ0v) is 13.5. The molecule has 0 amide bonds. The Labute approximate surface area is 121 Å². The Hall–Kier alpha value is -0.850. The molecule has 0 aromatic carbocycles. The van der Waals surface area contributed by atoms with Crippen molar-refractivity contribution in [3.05, 3.63) is 17.6 Å². The van der Waals surface area contributed by atoms with Crippen molar-refractivity contribution in [2.24, 2.45) is 11.8 Å². The molecule has 2 atom stereocenters. The average Bonchev–Trinajstić information content (AvgIpc) is 2.75. The molecule has 20 heavy (non-hydrogen) atoms. The van der Waals surface area contributed by atoms with Crippen LogP contribution in [0, 0.1) is 18.8 Å². The van der Waals surface area contributed by atoms with Crippen LogP contribution in [0.15, 0.2) is 15.4 Å². The van der Waals surface area contributed by atoms with Crippen molar-refractivity contribution >= 4 is 10.0 Å². The van der Waals surface area contributed by atoms with Crippen LogP contribution >= 0.6 is 0 Å². The van der Waals surface area contributed by atoms with E-state index in [-0.39, 0.29) is 0 Å². The van der Waals surface area contributed by atoms with Gasteiger partial charge in [-0.3, -0.25) is 0 Å². The van der Waals surface area contributed by atoms with Crippen LogP contribution in [0.1, 0.15) is 31.8 Å². The van der Waals surface area contributed by atoms with E-state index in [0.29, 0.717) is 47.9 Å². The van der Waals surface area contributed by atoms with Gasteiger partial charge >= 0.3 is 0 Å². The fourth-order valence-corrected chi connectivity index (χ4v) is 4.36. The molecule has 2 heterocycles. The molecule has 1 aliphatic heterocycles. The number of nitrogens with zero attached hydrogens (tertiary/aromatic N) is 1. The Morgan fingerprint density at radius 3 is 2.70 bits per heavy atom. The van der Waals surface area contributed by atoms with Crippen LogP contribution in [0.25, 0.3) is 0 Å². The molecule has 114 valence electrons. The Bertz CT molecular complexity index is 565. The normalized spacial score (nSPS) is 25.0. The largest absolute Gasteiger partial charge is 0.464 e. The monoisotopic (exact) mass is 300 g/mol. The van der Waals surface area contributed by atoms with Gasteiger partial charge in [-0.05, 0) is 32.2 Å². The molecule has 1 aromatic heterocycles. The Morgan fingerprint density at radius 1 is 1.40 bits per heavy atom. The second-order valence-corrected chi connectivity index (χ2v) is 7.68. The highest BCUT2D eigenvalue weighted by Crippen LogP contribution is 2.29. The van der Waals surface area contributed by atoms with Crippen molar-refractivity contribution in [3.63, 3.8) is 0 Å². The summed E-state index contributed by atoms with van der Waals surface area (Å²) < 4.78 is 32.6. The number of hydrogen-bond donors (Lipinski definition) is 1. The lowest BCUT2D eigenvalue weighted by molar-refractivity contribution is 0.212. The summed E-state index contributed by atoms with van der Waals surface area (Å²) in [6.45, 7) is 7.73. The Morgan fingerprint density at radius 2 is 2.10 bits per heavy atom. The SMILES string of the molecule is CNCc1cc(S(=O)(=O)N2CCC(C)C(C)C2)c(C)o1. The summed E-state index contributed by atoms with van der Waals surface area (Å²) in [5.74, 6) is 2.10. The molecule has 2 rings (SSSR count). The van der Waals surface area contributed by atoms with Gasteiger partial charge in [0.1, 0.15) is 16.4 Å². The fraction of sp³-hybridized carbons (Fsp3) is 0.714. The standard InChI is InChI=1S/C14H24N2O3S/c1-10-5-6-16(9-11(10)2)20(17,18)14-7-13(8-15-4)19-12(14)3/h7,10-11,15H,5-6,8-9H2,1-4H3. The first-order valence-corrected chi connectivity index (χ1v) is 8.54. The van der Waals surface area contributed by atoms with Gasteiger partial charge in [0.15, 0.2) is 0 Å². The van der Waals surface area contributed by atoms with Crippen LogP contribution in [0.3, 0.4) is 0 Å². The van der Waals surface area contributed by atoms with Gasteiger partial charge in [0.2, 0.25) is 10.0 Å². The fourth-order valence-electron chi connectivity index (χ4n) is 2.62. The number of sulfonamides is 1. The van der Waals surface area contributed by atoms with E-state index in [1.54, 1.807) is 24.3 Å². The number of rotatable bonds is 4. The van der Waals surface area contributed by atoms with E-state index in [1.807, 2.05) is 0 Å². The van der Waals surface area contributed by atoms with Crippen molar-refractivity contribution in [2.45, 2.75) is 38.6 Å². The number of nitrogens with one attached hydrogen (secondary N) is 1. The van der Waals surface area contributed by atoms with Crippen LogP contribution in [0.2, 0.25) is 0 Å². The molecule has 0 spiro atoms. The Kier molecular flexibility index (Phi) is 4.56. The minimum absolute atomic E-state index is 0.310. The van der Waals surface area contributed by atoms with E-state index in [2.05, 4.69) is 19.2 Å². The first kappa shape index (κ1) is 15.5. The molecule has 2 unspecified atom stereocenters. The Balaban J connectivity index is 2.26. The zero-order chi connectivity index (χ0) is 14.9. The van der Waals surface area contributed by atoms with Gasteiger partial charge in [-0.15, -0.1) is 0 Å². The first-order chi connectivity index (χ1) is 9.36. The van der Waals surface area contributed by atoms with Gasteiger partial charge < -0.3 is 9.73 Å². The van der Waals surface area contributed by atoms with Crippen molar-refractivity contribution < 1.29 is 12.8 Å². The summed E-state index contributed by atoms with van der Waals surface area (Å²) in [5, 5.41) is 2.97. The van der Waals surface area contributed by atoms with E-state index in [4.69, 9.17) is 4.42 Å².